The van der Waals surface area contributed by atoms with Crippen molar-refractivity contribution in [3.63, 3.8) is 0 Å². The quantitative estimate of drug-likeness (QED) is 0.370. The van der Waals surface area contributed by atoms with Crippen molar-refractivity contribution in [1.29, 1.82) is 5.26 Å². The number of rotatable bonds is 10. The van der Waals surface area contributed by atoms with Crippen LogP contribution in [0.25, 0.3) is 0 Å². The summed E-state index contributed by atoms with van der Waals surface area (Å²) >= 11 is 0. The smallest absolute Gasteiger partial charge is 0.252 e. The number of nitrogens with zero attached hydrogens (tertiary/aromatic N) is 3. The van der Waals surface area contributed by atoms with E-state index >= 15 is 0 Å². The maximum atomic E-state index is 9.15. The SMILES string of the molecule is CCCCOc1ccc(C=NNc2oc(C(C)C)nc2C#N)cc1OCC. The van der Waals surface area contributed by atoms with Crippen molar-refractivity contribution >= 4 is 12.1 Å². The summed E-state index contributed by atoms with van der Waals surface area (Å²) < 4.78 is 17.0. The number of unbranched alkanes of at least 4 members (excludes halogenated alkanes) is 1. The van der Waals surface area contributed by atoms with Gasteiger partial charge in [0.1, 0.15) is 6.07 Å². The lowest BCUT2D eigenvalue weighted by Crippen LogP contribution is -2.01. The number of nitrogens with one attached hydrogen (secondary N) is 1. The molecule has 7 heteroatoms. The van der Waals surface area contributed by atoms with Gasteiger partial charge in [-0.25, -0.2) is 10.4 Å². The van der Waals surface area contributed by atoms with Gasteiger partial charge in [0.2, 0.25) is 11.6 Å². The second-order valence-electron chi connectivity index (χ2n) is 6.21. The number of oxazole rings is 1. The number of hydrogen-bond acceptors (Lipinski definition) is 7. The molecule has 7 nitrogen and oxygen atoms in total. The first kappa shape index (κ1) is 20.3. The van der Waals surface area contributed by atoms with Crippen molar-refractivity contribution in [1.82, 2.24) is 4.98 Å². The van der Waals surface area contributed by atoms with Crippen LogP contribution in [0.4, 0.5) is 5.88 Å². The second kappa shape index (κ2) is 10.2. The Hall–Kier alpha value is -3.01. The molecule has 0 atom stereocenters. The van der Waals surface area contributed by atoms with Crippen LogP contribution in [0.3, 0.4) is 0 Å². The summed E-state index contributed by atoms with van der Waals surface area (Å²) in [6.45, 7) is 9.14. The molecule has 0 spiro atoms. The summed E-state index contributed by atoms with van der Waals surface area (Å²) in [4.78, 5) is 4.14. The highest BCUT2D eigenvalue weighted by Gasteiger charge is 2.14. The van der Waals surface area contributed by atoms with Gasteiger partial charge in [-0.3, -0.25) is 0 Å². The number of aromatic nitrogens is 1. The summed E-state index contributed by atoms with van der Waals surface area (Å²) in [5.74, 6) is 2.22. The highest BCUT2D eigenvalue weighted by atomic mass is 16.5. The molecule has 2 aromatic rings. The van der Waals surface area contributed by atoms with E-state index in [1.807, 2.05) is 45.0 Å². The third-order valence-electron chi connectivity index (χ3n) is 3.65. The Kier molecular flexibility index (Phi) is 7.68. The highest BCUT2D eigenvalue weighted by molar-refractivity contribution is 5.81. The molecule has 0 aliphatic carbocycles. The van der Waals surface area contributed by atoms with Gasteiger partial charge in [0.25, 0.3) is 5.88 Å². The maximum Gasteiger partial charge on any atom is 0.252 e. The average molecular weight is 370 g/mol. The molecule has 1 heterocycles. The minimum absolute atomic E-state index is 0.0885. The van der Waals surface area contributed by atoms with E-state index < -0.39 is 0 Å². The van der Waals surface area contributed by atoms with Gasteiger partial charge >= 0.3 is 0 Å². The van der Waals surface area contributed by atoms with Gasteiger partial charge in [-0.15, -0.1) is 0 Å². The van der Waals surface area contributed by atoms with Crippen LogP contribution in [0, 0.1) is 11.3 Å². The van der Waals surface area contributed by atoms with Crippen molar-refractivity contribution in [2.45, 2.75) is 46.5 Å². The van der Waals surface area contributed by atoms with Crippen LogP contribution in [0.2, 0.25) is 0 Å². The number of hydrazone groups is 1. The van der Waals surface area contributed by atoms with Crippen molar-refractivity contribution in [3.8, 4) is 17.6 Å². The van der Waals surface area contributed by atoms with Gasteiger partial charge in [0.15, 0.2) is 11.5 Å². The predicted molar refractivity (Wildman–Crippen MR) is 105 cm³/mol. The Morgan fingerprint density at radius 2 is 2.11 bits per heavy atom. The predicted octanol–water partition coefficient (Wildman–Crippen LogP) is 4.69. The minimum Gasteiger partial charge on any atom is -0.490 e. The summed E-state index contributed by atoms with van der Waals surface area (Å²) in [5, 5.41) is 13.3. The molecule has 0 saturated heterocycles. The van der Waals surface area contributed by atoms with Crippen LogP contribution in [0.15, 0.2) is 27.7 Å². The number of anilines is 1. The lowest BCUT2D eigenvalue weighted by atomic mass is 10.2. The van der Waals surface area contributed by atoms with Crippen molar-refractivity contribution in [2.75, 3.05) is 18.6 Å². The number of nitriles is 1. The molecule has 1 aromatic carbocycles. The van der Waals surface area contributed by atoms with Crippen LogP contribution in [0.5, 0.6) is 11.5 Å². The molecule has 0 aliphatic heterocycles. The Bertz CT molecular complexity index is 806. The fraction of sp³-hybridized carbons (Fsp3) is 0.450. The molecule has 0 unspecified atom stereocenters. The van der Waals surface area contributed by atoms with E-state index in [1.54, 1.807) is 6.21 Å². The summed E-state index contributed by atoms with van der Waals surface area (Å²) in [6, 6.07) is 7.62. The van der Waals surface area contributed by atoms with Crippen LogP contribution in [0.1, 0.15) is 63.6 Å². The van der Waals surface area contributed by atoms with E-state index in [0.29, 0.717) is 24.9 Å². The van der Waals surface area contributed by atoms with Crippen LogP contribution in [-0.2, 0) is 0 Å². The van der Waals surface area contributed by atoms with Gasteiger partial charge in [-0.05, 0) is 37.1 Å². The molecule has 0 bridgehead atoms. The first-order valence-corrected chi connectivity index (χ1v) is 9.18. The fourth-order valence-corrected chi connectivity index (χ4v) is 2.22. The van der Waals surface area contributed by atoms with Gasteiger partial charge < -0.3 is 13.9 Å². The fourth-order valence-electron chi connectivity index (χ4n) is 2.22. The van der Waals surface area contributed by atoms with E-state index in [0.717, 1.165) is 24.2 Å². The van der Waals surface area contributed by atoms with Crippen LogP contribution >= 0.6 is 0 Å². The molecular weight excluding hydrogens is 344 g/mol. The molecular formula is C20H26N4O3. The van der Waals surface area contributed by atoms with Gasteiger partial charge in [-0.2, -0.15) is 10.4 Å². The lowest BCUT2D eigenvalue weighted by molar-refractivity contribution is 0.272. The van der Waals surface area contributed by atoms with Gasteiger partial charge in [0.05, 0.1) is 19.4 Å². The molecule has 2 rings (SSSR count). The Morgan fingerprint density at radius 3 is 2.78 bits per heavy atom. The number of ether oxygens (including phenoxy) is 2. The van der Waals surface area contributed by atoms with E-state index in [-0.39, 0.29) is 17.5 Å². The van der Waals surface area contributed by atoms with Gasteiger partial charge in [-0.1, -0.05) is 27.2 Å². The second-order valence-corrected chi connectivity index (χ2v) is 6.21. The van der Waals surface area contributed by atoms with E-state index in [2.05, 4.69) is 22.4 Å². The van der Waals surface area contributed by atoms with E-state index in [4.69, 9.17) is 19.2 Å². The molecule has 0 radical (unpaired) electrons. The number of hydrogen-bond donors (Lipinski definition) is 1. The molecule has 144 valence electrons. The minimum atomic E-state index is 0.0885. The molecule has 1 N–H and O–H groups in total. The molecule has 0 fully saturated rings. The zero-order chi connectivity index (χ0) is 19.6. The molecule has 0 aliphatic rings. The van der Waals surface area contributed by atoms with Crippen molar-refractivity contribution in [2.24, 2.45) is 5.10 Å². The standard InChI is InChI=1S/C20H26N4O3/c1-5-7-10-26-17-9-8-15(11-18(17)25-6-2)13-22-24-20-16(12-21)23-19(27-20)14(3)4/h8-9,11,13-14,24H,5-7,10H2,1-4H3. The first-order chi connectivity index (χ1) is 13.1. The summed E-state index contributed by atoms with van der Waals surface area (Å²) in [6.07, 6.45) is 3.69. The third kappa shape index (κ3) is 5.74. The molecule has 0 amide bonds. The topological polar surface area (TPSA) is 92.7 Å². The zero-order valence-electron chi connectivity index (χ0n) is 16.3. The molecule has 1 aromatic heterocycles. The zero-order valence-corrected chi connectivity index (χ0v) is 16.3. The molecule has 0 saturated carbocycles. The van der Waals surface area contributed by atoms with E-state index in [9.17, 15) is 0 Å². The van der Waals surface area contributed by atoms with Crippen molar-refractivity contribution < 1.29 is 13.9 Å². The summed E-state index contributed by atoms with van der Waals surface area (Å²) in [5.41, 5.74) is 3.76. The lowest BCUT2D eigenvalue weighted by Gasteiger charge is -2.12. The Labute approximate surface area is 160 Å². The highest BCUT2D eigenvalue weighted by Crippen LogP contribution is 2.28. The van der Waals surface area contributed by atoms with Crippen LogP contribution < -0.4 is 14.9 Å². The maximum absolute atomic E-state index is 9.15. The van der Waals surface area contributed by atoms with Crippen molar-refractivity contribution in [3.05, 3.63) is 35.3 Å². The first-order valence-electron chi connectivity index (χ1n) is 9.18. The Morgan fingerprint density at radius 1 is 1.30 bits per heavy atom. The summed E-state index contributed by atoms with van der Waals surface area (Å²) in [7, 11) is 0. The van der Waals surface area contributed by atoms with E-state index in [1.165, 1.54) is 0 Å². The van der Waals surface area contributed by atoms with Crippen LogP contribution in [-0.4, -0.2) is 24.4 Å². The van der Waals surface area contributed by atoms with Gasteiger partial charge in [0, 0.05) is 5.92 Å². The Balaban J connectivity index is 2.10. The normalized spacial score (nSPS) is 11.0. The molecule has 27 heavy (non-hydrogen) atoms. The largest absolute Gasteiger partial charge is 0.490 e. The monoisotopic (exact) mass is 370 g/mol. The number of benzene rings is 1. The third-order valence-corrected chi connectivity index (χ3v) is 3.65. The average Bonchev–Trinajstić information content (AvgIpc) is 3.07.